The van der Waals surface area contributed by atoms with Crippen LogP contribution in [0.25, 0.3) is 0 Å². The molecule has 0 aromatic heterocycles. The number of benzene rings is 1. The lowest BCUT2D eigenvalue weighted by Gasteiger charge is -2.41. The molecule has 1 atom stereocenters. The lowest BCUT2D eigenvalue weighted by molar-refractivity contribution is 0.00415. The lowest BCUT2D eigenvalue weighted by Crippen LogP contribution is -2.60. The van der Waals surface area contributed by atoms with Gasteiger partial charge in [0.05, 0.1) is 0 Å². The third-order valence-electron chi connectivity index (χ3n) is 4.21. The number of amides is 1. The molecule has 2 aliphatic rings. The first-order valence-corrected chi connectivity index (χ1v) is 7.94. The Labute approximate surface area is 131 Å². The van der Waals surface area contributed by atoms with Crippen molar-refractivity contribution in [2.24, 2.45) is 0 Å². The molecule has 5 nitrogen and oxygen atoms in total. The minimum Gasteiger partial charge on any atom is -0.444 e. The summed E-state index contributed by atoms with van der Waals surface area (Å²) >= 11 is 0. The molecular formula is C17H25N3O2. The fourth-order valence-electron chi connectivity index (χ4n) is 3.15. The Balaban J connectivity index is 1.51. The van der Waals surface area contributed by atoms with Crippen LogP contribution in [-0.4, -0.2) is 35.7 Å². The van der Waals surface area contributed by atoms with E-state index in [2.05, 4.69) is 17.4 Å². The Hall–Kier alpha value is -1.75. The van der Waals surface area contributed by atoms with Crippen molar-refractivity contribution < 1.29 is 9.53 Å². The first-order chi connectivity index (χ1) is 10.3. The summed E-state index contributed by atoms with van der Waals surface area (Å²) in [6.45, 7) is 7.11. The standard InChI is InChI=1S/C17H25N3O2/c1-17(2,3)22-16(21)20-9-13(10-20)19-15-7-4-11-8-12(18)5-6-14(11)15/h5-6,8,13,15,19H,4,7,9-10,18H2,1-3H3. The molecule has 1 heterocycles. The summed E-state index contributed by atoms with van der Waals surface area (Å²) in [5.41, 5.74) is 8.94. The second-order valence-electron chi connectivity index (χ2n) is 7.30. The van der Waals surface area contributed by atoms with Crippen LogP contribution in [0, 0.1) is 0 Å². The molecule has 1 fully saturated rings. The minimum absolute atomic E-state index is 0.217. The van der Waals surface area contributed by atoms with Gasteiger partial charge in [-0.1, -0.05) is 6.07 Å². The van der Waals surface area contributed by atoms with Gasteiger partial charge >= 0.3 is 6.09 Å². The number of carbonyl (C=O) groups excluding carboxylic acids is 1. The van der Waals surface area contributed by atoms with Crippen LogP contribution in [0.2, 0.25) is 0 Å². The number of likely N-dealkylation sites (tertiary alicyclic amines) is 1. The molecule has 1 unspecified atom stereocenters. The maximum absolute atomic E-state index is 11.9. The topological polar surface area (TPSA) is 67.6 Å². The molecule has 1 aliphatic carbocycles. The smallest absolute Gasteiger partial charge is 0.410 e. The number of carbonyl (C=O) groups is 1. The van der Waals surface area contributed by atoms with Gasteiger partial charge < -0.3 is 20.7 Å². The number of ether oxygens (including phenoxy) is 1. The summed E-state index contributed by atoms with van der Waals surface area (Å²) in [5, 5.41) is 3.65. The van der Waals surface area contributed by atoms with Crippen LogP contribution in [0.4, 0.5) is 10.5 Å². The zero-order valence-electron chi connectivity index (χ0n) is 13.6. The Kier molecular flexibility index (Phi) is 3.77. The highest BCUT2D eigenvalue weighted by atomic mass is 16.6. The maximum Gasteiger partial charge on any atom is 0.410 e. The fourth-order valence-corrected chi connectivity index (χ4v) is 3.15. The van der Waals surface area contributed by atoms with Gasteiger partial charge in [-0.3, -0.25) is 0 Å². The molecule has 1 aromatic carbocycles. The van der Waals surface area contributed by atoms with Gasteiger partial charge in [0.2, 0.25) is 0 Å². The van der Waals surface area contributed by atoms with E-state index in [-0.39, 0.29) is 6.09 Å². The highest BCUT2D eigenvalue weighted by Gasteiger charge is 2.36. The number of rotatable bonds is 2. The number of hydrogen-bond acceptors (Lipinski definition) is 4. The van der Waals surface area contributed by atoms with E-state index in [1.165, 1.54) is 11.1 Å². The number of nitrogen functional groups attached to an aromatic ring is 1. The van der Waals surface area contributed by atoms with Crippen LogP contribution in [0.1, 0.15) is 44.4 Å². The van der Waals surface area contributed by atoms with Gasteiger partial charge in [0.15, 0.2) is 0 Å². The van der Waals surface area contributed by atoms with Gasteiger partial charge in [0.1, 0.15) is 5.60 Å². The van der Waals surface area contributed by atoms with Gasteiger partial charge in [-0.25, -0.2) is 4.79 Å². The van der Waals surface area contributed by atoms with E-state index in [1.807, 2.05) is 26.8 Å². The molecule has 1 amide bonds. The highest BCUT2D eigenvalue weighted by Crippen LogP contribution is 2.33. The largest absolute Gasteiger partial charge is 0.444 e. The highest BCUT2D eigenvalue weighted by molar-refractivity contribution is 5.69. The molecule has 1 saturated heterocycles. The summed E-state index contributed by atoms with van der Waals surface area (Å²) in [6.07, 6.45) is 1.95. The first-order valence-electron chi connectivity index (χ1n) is 7.94. The molecule has 22 heavy (non-hydrogen) atoms. The van der Waals surface area contributed by atoms with Crippen molar-refractivity contribution in [3.05, 3.63) is 29.3 Å². The van der Waals surface area contributed by atoms with E-state index in [0.717, 1.165) is 31.6 Å². The quantitative estimate of drug-likeness (QED) is 0.824. The predicted octanol–water partition coefficient (Wildman–Crippen LogP) is 2.47. The van der Waals surface area contributed by atoms with Crippen LogP contribution < -0.4 is 11.1 Å². The zero-order valence-corrected chi connectivity index (χ0v) is 13.6. The maximum atomic E-state index is 11.9. The Morgan fingerprint density at radius 3 is 2.77 bits per heavy atom. The molecule has 3 N–H and O–H groups in total. The Bertz CT molecular complexity index is 574. The Morgan fingerprint density at radius 1 is 1.36 bits per heavy atom. The molecule has 0 spiro atoms. The molecule has 1 aromatic rings. The van der Waals surface area contributed by atoms with Gasteiger partial charge in [-0.15, -0.1) is 0 Å². The molecule has 0 saturated carbocycles. The van der Waals surface area contributed by atoms with Crippen LogP contribution in [0.5, 0.6) is 0 Å². The van der Waals surface area contributed by atoms with E-state index in [1.54, 1.807) is 4.90 Å². The molecule has 5 heteroatoms. The van der Waals surface area contributed by atoms with Crippen molar-refractivity contribution >= 4 is 11.8 Å². The number of fused-ring (bicyclic) bond motifs is 1. The van der Waals surface area contributed by atoms with Crippen LogP contribution in [-0.2, 0) is 11.2 Å². The van der Waals surface area contributed by atoms with Crippen molar-refractivity contribution in [2.45, 2.75) is 51.3 Å². The van der Waals surface area contributed by atoms with Crippen molar-refractivity contribution in [3.63, 3.8) is 0 Å². The van der Waals surface area contributed by atoms with Crippen molar-refractivity contribution in [1.29, 1.82) is 0 Å². The zero-order chi connectivity index (χ0) is 15.9. The molecule has 1 aliphatic heterocycles. The van der Waals surface area contributed by atoms with Crippen LogP contribution in [0.15, 0.2) is 18.2 Å². The summed E-state index contributed by atoms with van der Waals surface area (Å²) in [6, 6.07) is 6.89. The normalized spacial score (nSPS) is 21.4. The summed E-state index contributed by atoms with van der Waals surface area (Å²) in [5.74, 6) is 0. The van der Waals surface area contributed by atoms with E-state index in [9.17, 15) is 4.79 Å². The number of aryl methyl sites for hydroxylation is 1. The van der Waals surface area contributed by atoms with Crippen LogP contribution in [0.3, 0.4) is 0 Å². The first kappa shape index (κ1) is 15.2. The molecule has 3 rings (SSSR count). The second-order valence-corrected chi connectivity index (χ2v) is 7.30. The van der Waals surface area contributed by atoms with E-state index >= 15 is 0 Å². The van der Waals surface area contributed by atoms with Crippen molar-refractivity contribution in [1.82, 2.24) is 10.2 Å². The molecule has 0 bridgehead atoms. The van der Waals surface area contributed by atoms with Gasteiger partial charge in [0, 0.05) is 30.9 Å². The number of nitrogens with one attached hydrogen (secondary N) is 1. The number of hydrogen-bond donors (Lipinski definition) is 2. The van der Waals surface area contributed by atoms with E-state index in [0.29, 0.717) is 12.1 Å². The predicted molar refractivity (Wildman–Crippen MR) is 86.6 cm³/mol. The third kappa shape index (κ3) is 3.19. The molecule has 120 valence electrons. The minimum atomic E-state index is -0.431. The van der Waals surface area contributed by atoms with Gasteiger partial charge in [0.25, 0.3) is 0 Å². The molecule has 0 radical (unpaired) electrons. The van der Waals surface area contributed by atoms with Crippen molar-refractivity contribution in [2.75, 3.05) is 18.8 Å². The number of nitrogens with two attached hydrogens (primary N) is 1. The van der Waals surface area contributed by atoms with Gasteiger partial charge in [-0.2, -0.15) is 0 Å². The summed E-state index contributed by atoms with van der Waals surface area (Å²) < 4.78 is 5.37. The van der Waals surface area contributed by atoms with Gasteiger partial charge in [-0.05, 0) is 56.9 Å². The van der Waals surface area contributed by atoms with Crippen LogP contribution >= 0.6 is 0 Å². The average molecular weight is 303 g/mol. The lowest BCUT2D eigenvalue weighted by atomic mass is 10.0. The SMILES string of the molecule is CC(C)(C)OC(=O)N1CC(NC2CCc3cc(N)ccc32)C1. The van der Waals surface area contributed by atoms with Crippen molar-refractivity contribution in [3.8, 4) is 0 Å². The third-order valence-corrected chi connectivity index (χ3v) is 4.21. The molecular weight excluding hydrogens is 278 g/mol. The fraction of sp³-hybridized carbons (Fsp3) is 0.588. The number of nitrogens with zero attached hydrogens (tertiary/aromatic N) is 1. The Morgan fingerprint density at radius 2 is 2.09 bits per heavy atom. The number of anilines is 1. The van der Waals surface area contributed by atoms with E-state index < -0.39 is 5.60 Å². The average Bonchev–Trinajstić information content (AvgIpc) is 2.73. The summed E-state index contributed by atoms with van der Waals surface area (Å²) in [7, 11) is 0. The monoisotopic (exact) mass is 303 g/mol. The summed E-state index contributed by atoms with van der Waals surface area (Å²) in [4.78, 5) is 13.7. The second kappa shape index (κ2) is 5.47. The van der Waals surface area contributed by atoms with E-state index in [4.69, 9.17) is 10.5 Å².